The van der Waals surface area contributed by atoms with Gasteiger partial charge in [0.25, 0.3) is 0 Å². The average Bonchev–Trinajstić information content (AvgIpc) is 2.55. The molecule has 1 aromatic rings. The third-order valence-corrected chi connectivity index (χ3v) is 3.86. The lowest BCUT2D eigenvalue weighted by molar-refractivity contribution is -0.153. The van der Waals surface area contributed by atoms with Crippen molar-refractivity contribution in [3.8, 4) is 11.8 Å². The van der Waals surface area contributed by atoms with E-state index < -0.39 is 0 Å². The summed E-state index contributed by atoms with van der Waals surface area (Å²) in [6.07, 6.45) is 8.13. The Morgan fingerprint density at radius 2 is 2.21 bits per heavy atom. The molecule has 1 aliphatic rings. The van der Waals surface area contributed by atoms with Crippen molar-refractivity contribution in [2.24, 2.45) is 0 Å². The van der Waals surface area contributed by atoms with Gasteiger partial charge in [0.05, 0.1) is 0 Å². The van der Waals surface area contributed by atoms with Gasteiger partial charge in [0, 0.05) is 37.3 Å². The number of esters is 1. The lowest BCUT2D eigenvalue weighted by Crippen LogP contribution is -2.38. The molecule has 1 fully saturated rings. The number of aromatic nitrogens is 1. The first-order valence-corrected chi connectivity index (χ1v) is 8.51. The molecule has 5 nitrogen and oxygen atoms in total. The molecule has 24 heavy (non-hydrogen) atoms. The standard InChI is InChI=1S/C19H24N2O3/c1-16(8-6-9-17-10-7-12-20-14-17)24-19(23)15-21-13-5-3-2-4-11-18(21)22/h7,10,12,14,16H,2-5,8,11,13,15H2,1H3. The number of hydrogen-bond acceptors (Lipinski definition) is 4. The van der Waals surface area contributed by atoms with E-state index >= 15 is 0 Å². The van der Waals surface area contributed by atoms with Gasteiger partial charge in [-0.15, -0.1) is 0 Å². The fraction of sp³-hybridized carbons (Fsp3) is 0.526. The number of hydrogen-bond donors (Lipinski definition) is 0. The first-order chi connectivity index (χ1) is 11.6. The van der Waals surface area contributed by atoms with E-state index in [0.717, 1.165) is 31.2 Å². The van der Waals surface area contributed by atoms with Crippen molar-refractivity contribution in [2.45, 2.75) is 51.6 Å². The van der Waals surface area contributed by atoms with Gasteiger partial charge in [-0.05, 0) is 31.9 Å². The fourth-order valence-corrected chi connectivity index (χ4v) is 2.58. The SMILES string of the molecule is CC(CC#Cc1cccnc1)OC(=O)CN1CCCCCCC1=O. The zero-order valence-corrected chi connectivity index (χ0v) is 14.2. The van der Waals surface area contributed by atoms with Crippen LogP contribution in [-0.4, -0.2) is 41.0 Å². The van der Waals surface area contributed by atoms with Gasteiger partial charge in [-0.3, -0.25) is 14.6 Å². The van der Waals surface area contributed by atoms with Crippen LogP contribution in [0.5, 0.6) is 0 Å². The molecule has 1 atom stereocenters. The van der Waals surface area contributed by atoms with E-state index in [1.54, 1.807) is 17.3 Å². The van der Waals surface area contributed by atoms with Crippen LogP contribution in [0.25, 0.3) is 0 Å². The van der Waals surface area contributed by atoms with E-state index in [2.05, 4.69) is 16.8 Å². The molecular formula is C19H24N2O3. The summed E-state index contributed by atoms with van der Waals surface area (Å²) in [5, 5.41) is 0. The first-order valence-electron chi connectivity index (χ1n) is 8.51. The highest BCUT2D eigenvalue weighted by atomic mass is 16.5. The summed E-state index contributed by atoms with van der Waals surface area (Å²) in [6.45, 7) is 2.49. The second-order valence-electron chi connectivity index (χ2n) is 6.03. The summed E-state index contributed by atoms with van der Waals surface area (Å²) in [4.78, 5) is 29.6. The van der Waals surface area contributed by atoms with E-state index in [0.29, 0.717) is 19.4 Å². The van der Waals surface area contributed by atoms with Crippen molar-refractivity contribution < 1.29 is 14.3 Å². The predicted octanol–water partition coefficient (Wildman–Crippen LogP) is 2.55. The van der Waals surface area contributed by atoms with Crippen LogP contribution in [-0.2, 0) is 14.3 Å². The van der Waals surface area contributed by atoms with Crippen LogP contribution < -0.4 is 0 Å². The van der Waals surface area contributed by atoms with Crippen LogP contribution in [0.1, 0.15) is 51.0 Å². The number of nitrogens with zero attached hydrogens (tertiary/aromatic N) is 2. The van der Waals surface area contributed by atoms with Crippen LogP contribution in [0.3, 0.4) is 0 Å². The molecule has 128 valence electrons. The average molecular weight is 328 g/mol. The lowest BCUT2D eigenvalue weighted by atomic mass is 10.1. The van der Waals surface area contributed by atoms with Gasteiger partial charge in [-0.2, -0.15) is 0 Å². The molecule has 1 saturated heterocycles. The maximum atomic E-state index is 12.0. The molecule has 1 amide bonds. The van der Waals surface area contributed by atoms with Crippen LogP contribution in [0.2, 0.25) is 0 Å². The molecule has 0 spiro atoms. The molecule has 1 aromatic heterocycles. The fourth-order valence-electron chi connectivity index (χ4n) is 2.58. The van der Waals surface area contributed by atoms with Crippen LogP contribution in [0.4, 0.5) is 0 Å². The third kappa shape index (κ3) is 6.41. The zero-order chi connectivity index (χ0) is 17.2. The van der Waals surface area contributed by atoms with Crippen molar-refractivity contribution in [1.82, 2.24) is 9.88 Å². The lowest BCUT2D eigenvalue weighted by Gasteiger charge is -2.24. The largest absolute Gasteiger partial charge is 0.460 e. The Bertz CT molecular complexity index is 604. The Balaban J connectivity index is 1.76. The summed E-state index contributed by atoms with van der Waals surface area (Å²) < 4.78 is 5.36. The number of rotatable bonds is 4. The highest BCUT2D eigenvalue weighted by molar-refractivity contribution is 5.82. The van der Waals surface area contributed by atoms with Crippen molar-refractivity contribution in [3.63, 3.8) is 0 Å². The molecule has 5 heteroatoms. The van der Waals surface area contributed by atoms with Gasteiger partial charge in [0.2, 0.25) is 5.91 Å². The van der Waals surface area contributed by atoms with Crippen molar-refractivity contribution in [2.75, 3.05) is 13.1 Å². The summed E-state index contributed by atoms with van der Waals surface area (Å²) in [5.74, 6) is 5.66. The first kappa shape index (κ1) is 18.0. The minimum absolute atomic E-state index is 0.0409. The number of likely N-dealkylation sites (tertiary alicyclic amines) is 1. The van der Waals surface area contributed by atoms with Crippen LogP contribution >= 0.6 is 0 Å². The molecule has 2 heterocycles. The molecule has 0 saturated carbocycles. The van der Waals surface area contributed by atoms with Gasteiger partial charge >= 0.3 is 5.97 Å². The molecular weight excluding hydrogens is 304 g/mol. The van der Waals surface area contributed by atoms with E-state index in [9.17, 15) is 9.59 Å². The highest BCUT2D eigenvalue weighted by Gasteiger charge is 2.20. The Morgan fingerprint density at radius 3 is 3.00 bits per heavy atom. The molecule has 0 bridgehead atoms. The van der Waals surface area contributed by atoms with Crippen LogP contribution in [0, 0.1) is 11.8 Å². The predicted molar refractivity (Wildman–Crippen MR) is 91.0 cm³/mol. The van der Waals surface area contributed by atoms with Gasteiger partial charge in [-0.25, -0.2) is 0 Å². The number of pyridine rings is 1. The summed E-state index contributed by atoms with van der Waals surface area (Å²) in [5.41, 5.74) is 0.835. The number of amides is 1. The van der Waals surface area contributed by atoms with E-state index in [1.807, 2.05) is 19.1 Å². The Hall–Kier alpha value is -2.35. The summed E-state index contributed by atoms with van der Waals surface area (Å²) in [6, 6.07) is 3.71. The maximum absolute atomic E-state index is 12.0. The van der Waals surface area contributed by atoms with Gasteiger partial charge in [-0.1, -0.05) is 24.7 Å². The van der Waals surface area contributed by atoms with Crippen molar-refractivity contribution >= 4 is 11.9 Å². The number of carbonyl (C=O) groups is 2. The van der Waals surface area contributed by atoms with E-state index in [1.165, 1.54) is 0 Å². The minimum Gasteiger partial charge on any atom is -0.460 e. The smallest absolute Gasteiger partial charge is 0.325 e. The molecule has 1 aliphatic heterocycles. The summed E-state index contributed by atoms with van der Waals surface area (Å²) in [7, 11) is 0. The Labute approximate surface area is 143 Å². The monoisotopic (exact) mass is 328 g/mol. The number of ether oxygens (including phenoxy) is 1. The second-order valence-corrected chi connectivity index (χ2v) is 6.03. The normalized spacial score (nSPS) is 16.4. The van der Waals surface area contributed by atoms with Crippen molar-refractivity contribution in [3.05, 3.63) is 30.1 Å². The molecule has 1 unspecified atom stereocenters. The highest BCUT2D eigenvalue weighted by Crippen LogP contribution is 2.12. The minimum atomic E-state index is -0.361. The topological polar surface area (TPSA) is 59.5 Å². The molecule has 0 N–H and O–H groups in total. The molecule has 0 aliphatic carbocycles. The molecule has 2 rings (SSSR count). The summed E-state index contributed by atoms with van der Waals surface area (Å²) >= 11 is 0. The van der Waals surface area contributed by atoms with Crippen molar-refractivity contribution in [1.29, 1.82) is 0 Å². The second kappa shape index (κ2) is 9.71. The van der Waals surface area contributed by atoms with Gasteiger partial charge < -0.3 is 9.64 Å². The molecule has 0 aromatic carbocycles. The van der Waals surface area contributed by atoms with Crippen LogP contribution in [0.15, 0.2) is 24.5 Å². The Morgan fingerprint density at radius 1 is 1.38 bits per heavy atom. The Kier molecular flexibility index (Phi) is 7.28. The third-order valence-electron chi connectivity index (χ3n) is 3.86. The van der Waals surface area contributed by atoms with Gasteiger partial charge in [0.15, 0.2) is 0 Å². The molecule has 0 radical (unpaired) electrons. The quantitative estimate of drug-likeness (QED) is 0.629. The van der Waals surface area contributed by atoms with Gasteiger partial charge in [0.1, 0.15) is 12.6 Å². The van der Waals surface area contributed by atoms with E-state index in [-0.39, 0.29) is 24.5 Å². The number of carbonyl (C=O) groups excluding carboxylic acids is 2. The maximum Gasteiger partial charge on any atom is 0.325 e. The van der Waals surface area contributed by atoms with E-state index in [4.69, 9.17) is 4.74 Å². The zero-order valence-electron chi connectivity index (χ0n) is 14.2.